The van der Waals surface area contributed by atoms with Crippen LogP contribution in [0.5, 0.6) is 6.01 Å². The van der Waals surface area contributed by atoms with E-state index in [2.05, 4.69) is 15.0 Å². The molecule has 0 aliphatic carbocycles. The van der Waals surface area contributed by atoms with Crippen LogP contribution in [-0.4, -0.2) is 45.0 Å². The number of benzene rings is 1. The Hall–Kier alpha value is -3.50. The molecule has 3 aromatic rings. The molecule has 1 aromatic carbocycles. The van der Waals surface area contributed by atoms with E-state index in [1.165, 1.54) is 29.5 Å². The maximum absolute atomic E-state index is 13.9. The van der Waals surface area contributed by atoms with Crippen LogP contribution in [0.25, 0.3) is 11.5 Å². The predicted octanol–water partition coefficient (Wildman–Crippen LogP) is 3.97. The maximum Gasteiger partial charge on any atom is 0.419 e. The number of amides is 1. The minimum absolute atomic E-state index is 0.0916. The van der Waals surface area contributed by atoms with Gasteiger partial charge in [-0.15, -0.1) is 0 Å². The fraction of sp³-hybridized carbons (Fsp3) is 0.300. The standard InChI is InChI=1S/C20H16F4N4O3/c21-13-3-4-15(17-25-5-7-30-17)16(8-13)18(29)28-6-1-2-14(11-28)31-19-26-9-12(10-27-19)20(22,23)24/h3-5,7-10,14H,1-2,6,11H2. The molecule has 1 unspecified atom stereocenters. The minimum atomic E-state index is -4.54. The van der Waals surface area contributed by atoms with E-state index < -0.39 is 29.6 Å². The summed E-state index contributed by atoms with van der Waals surface area (Å²) >= 11 is 0. The van der Waals surface area contributed by atoms with Gasteiger partial charge >= 0.3 is 12.2 Å². The van der Waals surface area contributed by atoms with Crippen LogP contribution in [0.3, 0.4) is 0 Å². The molecule has 0 radical (unpaired) electrons. The Kier molecular flexibility index (Phi) is 5.57. The third-order valence-electron chi connectivity index (χ3n) is 4.77. The Morgan fingerprint density at radius 3 is 2.65 bits per heavy atom. The van der Waals surface area contributed by atoms with E-state index in [0.29, 0.717) is 37.3 Å². The molecular formula is C20H16F4N4O3. The van der Waals surface area contributed by atoms with Gasteiger partial charge < -0.3 is 14.1 Å². The van der Waals surface area contributed by atoms with Gasteiger partial charge in [-0.1, -0.05) is 0 Å². The highest BCUT2D eigenvalue weighted by Crippen LogP contribution is 2.29. The van der Waals surface area contributed by atoms with Crippen LogP contribution in [0.15, 0.2) is 47.5 Å². The second-order valence-corrected chi connectivity index (χ2v) is 6.91. The first kappa shape index (κ1) is 20.8. The normalized spacial score (nSPS) is 16.9. The van der Waals surface area contributed by atoms with Gasteiger partial charge in [0.2, 0.25) is 5.89 Å². The number of carbonyl (C=O) groups excluding carboxylic acids is 1. The first-order chi connectivity index (χ1) is 14.8. The lowest BCUT2D eigenvalue weighted by Crippen LogP contribution is -2.44. The van der Waals surface area contributed by atoms with Crippen molar-refractivity contribution >= 4 is 5.91 Å². The van der Waals surface area contributed by atoms with Crippen LogP contribution >= 0.6 is 0 Å². The Morgan fingerprint density at radius 1 is 1.19 bits per heavy atom. The van der Waals surface area contributed by atoms with Gasteiger partial charge in [-0.05, 0) is 31.0 Å². The summed E-state index contributed by atoms with van der Waals surface area (Å²) < 4.78 is 62.6. The van der Waals surface area contributed by atoms with Gasteiger partial charge in [0.05, 0.1) is 29.4 Å². The summed E-state index contributed by atoms with van der Waals surface area (Å²) in [6.45, 7) is 0.554. The molecule has 7 nitrogen and oxygen atoms in total. The number of likely N-dealkylation sites (tertiary alicyclic amines) is 1. The SMILES string of the molecule is O=C(c1cc(F)ccc1-c1ncco1)N1CCCC(Oc2ncc(C(F)(F)F)cn2)C1. The molecule has 3 heterocycles. The van der Waals surface area contributed by atoms with Crippen molar-refractivity contribution in [3.63, 3.8) is 0 Å². The summed E-state index contributed by atoms with van der Waals surface area (Å²) in [6, 6.07) is 3.53. The van der Waals surface area contributed by atoms with Crippen molar-refractivity contribution in [2.75, 3.05) is 13.1 Å². The molecule has 1 amide bonds. The number of ether oxygens (including phenoxy) is 1. The fourth-order valence-corrected chi connectivity index (χ4v) is 3.30. The van der Waals surface area contributed by atoms with Gasteiger partial charge in [0.15, 0.2) is 0 Å². The van der Waals surface area contributed by atoms with Gasteiger partial charge in [0.1, 0.15) is 18.2 Å². The maximum atomic E-state index is 13.9. The summed E-state index contributed by atoms with van der Waals surface area (Å²) in [7, 11) is 0. The van der Waals surface area contributed by atoms with E-state index in [1.807, 2.05) is 0 Å². The Labute approximate surface area is 173 Å². The molecule has 1 aliphatic heterocycles. The van der Waals surface area contributed by atoms with Crippen molar-refractivity contribution in [2.24, 2.45) is 0 Å². The lowest BCUT2D eigenvalue weighted by Gasteiger charge is -2.32. The molecule has 1 fully saturated rings. The number of oxazole rings is 1. The quantitative estimate of drug-likeness (QED) is 0.576. The third kappa shape index (κ3) is 4.65. The number of aromatic nitrogens is 3. The molecular weight excluding hydrogens is 420 g/mol. The molecule has 1 aliphatic rings. The molecule has 1 atom stereocenters. The lowest BCUT2D eigenvalue weighted by molar-refractivity contribution is -0.138. The van der Waals surface area contributed by atoms with Crippen LogP contribution in [0.4, 0.5) is 17.6 Å². The average Bonchev–Trinajstić information content (AvgIpc) is 3.28. The van der Waals surface area contributed by atoms with Crippen molar-refractivity contribution in [1.82, 2.24) is 19.9 Å². The number of alkyl halides is 3. The predicted molar refractivity (Wildman–Crippen MR) is 98.5 cm³/mol. The summed E-state index contributed by atoms with van der Waals surface area (Å²) in [5, 5.41) is 0. The van der Waals surface area contributed by atoms with Crippen LogP contribution < -0.4 is 4.74 Å². The first-order valence-corrected chi connectivity index (χ1v) is 9.36. The monoisotopic (exact) mass is 436 g/mol. The average molecular weight is 436 g/mol. The molecule has 162 valence electrons. The molecule has 11 heteroatoms. The lowest BCUT2D eigenvalue weighted by atomic mass is 10.0. The molecule has 1 saturated heterocycles. The molecule has 0 spiro atoms. The smallest absolute Gasteiger partial charge is 0.419 e. The van der Waals surface area contributed by atoms with Crippen molar-refractivity contribution in [1.29, 1.82) is 0 Å². The third-order valence-corrected chi connectivity index (χ3v) is 4.77. The summed E-state index contributed by atoms with van der Waals surface area (Å²) in [5.41, 5.74) is -0.537. The van der Waals surface area contributed by atoms with Crippen LogP contribution in [-0.2, 0) is 6.18 Å². The van der Waals surface area contributed by atoms with E-state index >= 15 is 0 Å². The highest BCUT2D eigenvalue weighted by molar-refractivity contribution is 6.00. The zero-order chi connectivity index (χ0) is 22.0. The van der Waals surface area contributed by atoms with Gasteiger partial charge in [0, 0.05) is 18.9 Å². The van der Waals surface area contributed by atoms with Crippen molar-refractivity contribution in [2.45, 2.75) is 25.1 Å². The molecule has 4 rings (SSSR count). The zero-order valence-corrected chi connectivity index (χ0v) is 16.0. The molecule has 2 aromatic heterocycles. The number of rotatable bonds is 4. The van der Waals surface area contributed by atoms with E-state index in [0.717, 1.165) is 6.07 Å². The number of halogens is 4. The van der Waals surface area contributed by atoms with Crippen molar-refractivity contribution in [3.8, 4) is 17.5 Å². The summed E-state index contributed by atoms with van der Waals surface area (Å²) in [5.74, 6) is -0.831. The largest absolute Gasteiger partial charge is 0.458 e. The van der Waals surface area contributed by atoms with Crippen molar-refractivity contribution in [3.05, 3.63) is 60.0 Å². The Balaban J connectivity index is 1.49. The number of nitrogens with zero attached hydrogens (tertiary/aromatic N) is 4. The second-order valence-electron chi connectivity index (χ2n) is 6.91. The van der Waals surface area contributed by atoms with E-state index in [1.54, 1.807) is 0 Å². The zero-order valence-electron chi connectivity index (χ0n) is 16.0. The molecule has 0 bridgehead atoms. The fourth-order valence-electron chi connectivity index (χ4n) is 3.30. The van der Waals surface area contributed by atoms with Crippen LogP contribution in [0.1, 0.15) is 28.8 Å². The Bertz CT molecular complexity index is 1060. The number of hydrogen-bond acceptors (Lipinski definition) is 6. The number of piperidine rings is 1. The minimum Gasteiger partial charge on any atom is -0.458 e. The van der Waals surface area contributed by atoms with Crippen LogP contribution in [0.2, 0.25) is 0 Å². The molecule has 31 heavy (non-hydrogen) atoms. The molecule has 0 N–H and O–H groups in total. The highest BCUT2D eigenvalue weighted by atomic mass is 19.4. The molecule has 0 saturated carbocycles. The van der Waals surface area contributed by atoms with Gasteiger partial charge in [-0.3, -0.25) is 4.79 Å². The van der Waals surface area contributed by atoms with Gasteiger partial charge in [0.25, 0.3) is 5.91 Å². The number of hydrogen-bond donors (Lipinski definition) is 0. The first-order valence-electron chi connectivity index (χ1n) is 9.36. The summed E-state index contributed by atoms with van der Waals surface area (Å²) in [6.07, 6.45) is 0.132. The van der Waals surface area contributed by atoms with Crippen LogP contribution in [0, 0.1) is 5.82 Å². The van der Waals surface area contributed by atoms with E-state index in [9.17, 15) is 22.4 Å². The highest BCUT2D eigenvalue weighted by Gasteiger charge is 2.32. The number of carbonyl (C=O) groups is 1. The van der Waals surface area contributed by atoms with E-state index in [-0.39, 0.29) is 24.0 Å². The Morgan fingerprint density at radius 2 is 1.97 bits per heavy atom. The second kappa shape index (κ2) is 8.32. The van der Waals surface area contributed by atoms with Gasteiger partial charge in [-0.2, -0.15) is 13.2 Å². The van der Waals surface area contributed by atoms with Gasteiger partial charge in [-0.25, -0.2) is 19.3 Å². The van der Waals surface area contributed by atoms with E-state index in [4.69, 9.17) is 9.15 Å². The topological polar surface area (TPSA) is 81.4 Å². The van der Waals surface area contributed by atoms with Crippen molar-refractivity contribution < 1.29 is 31.5 Å². The summed E-state index contributed by atoms with van der Waals surface area (Å²) in [4.78, 5) is 25.8.